The first-order valence-electron chi connectivity index (χ1n) is 15.0. The van der Waals surface area contributed by atoms with Crippen molar-refractivity contribution < 1.29 is 23.7 Å². The largest absolute Gasteiger partial charge is 0.493 e. The molecule has 0 aliphatic carbocycles. The van der Waals surface area contributed by atoms with Gasteiger partial charge in [0.15, 0.2) is 16.3 Å². The Bertz CT molecular complexity index is 2200. The molecule has 5 aromatic rings. The maximum Gasteiger partial charge on any atom is 0.338 e. The van der Waals surface area contributed by atoms with Gasteiger partial charge in [0.25, 0.3) is 5.56 Å². The van der Waals surface area contributed by atoms with E-state index < -0.39 is 12.0 Å². The molecule has 2 heterocycles. The van der Waals surface area contributed by atoms with Crippen LogP contribution in [0.3, 0.4) is 0 Å². The summed E-state index contributed by atoms with van der Waals surface area (Å²) in [6.07, 6.45) is 1.74. The molecule has 6 rings (SSSR count). The molecule has 0 unspecified atom stereocenters. The average molecular weight is 746 g/mol. The summed E-state index contributed by atoms with van der Waals surface area (Å²) in [5, 5.41) is 0.490. The van der Waals surface area contributed by atoms with E-state index in [1.807, 2.05) is 60.7 Å². The molecule has 11 heteroatoms. The smallest absolute Gasteiger partial charge is 0.338 e. The Labute approximate surface area is 294 Å². The third-order valence-electron chi connectivity index (χ3n) is 7.66. The number of hydrogen-bond donors (Lipinski definition) is 0. The number of methoxy groups -OCH3 is 2. The molecule has 0 bridgehead atoms. The molecule has 48 heavy (non-hydrogen) atoms. The number of nitrogens with zero attached hydrogens (tertiary/aromatic N) is 2. The van der Waals surface area contributed by atoms with E-state index in [-0.39, 0.29) is 17.7 Å². The lowest BCUT2D eigenvalue weighted by Crippen LogP contribution is -2.40. The number of benzene rings is 4. The van der Waals surface area contributed by atoms with Crippen LogP contribution in [0.5, 0.6) is 17.2 Å². The Kier molecular flexibility index (Phi) is 10.1. The molecular weight excluding hydrogens is 716 g/mol. The first kappa shape index (κ1) is 33.3. The van der Waals surface area contributed by atoms with Gasteiger partial charge in [0.2, 0.25) is 0 Å². The molecule has 244 valence electrons. The van der Waals surface area contributed by atoms with E-state index in [2.05, 4.69) is 15.9 Å². The van der Waals surface area contributed by atoms with Crippen molar-refractivity contribution in [2.75, 3.05) is 20.8 Å². The fourth-order valence-electron chi connectivity index (χ4n) is 5.43. The lowest BCUT2D eigenvalue weighted by atomic mass is 9.93. The van der Waals surface area contributed by atoms with E-state index in [0.29, 0.717) is 60.6 Å². The monoisotopic (exact) mass is 744 g/mol. The molecule has 4 aromatic carbocycles. The van der Waals surface area contributed by atoms with E-state index in [4.69, 9.17) is 35.5 Å². The van der Waals surface area contributed by atoms with Crippen molar-refractivity contribution in [3.8, 4) is 17.2 Å². The van der Waals surface area contributed by atoms with Gasteiger partial charge in [-0.15, -0.1) is 0 Å². The van der Waals surface area contributed by atoms with Crippen molar-refractivity contribution in [1.82, 2.24) is 4.57 Å². The van der Waals surface area contributed by atoms with E-state index in [1.54, 1.807) is 50.4 Å². The predicted molar refractivity (Wildman–Crippen MR) is 191 cm³/mol. The van der Waals surface area contributed by atoms with Crippen LogP contribution in [-0.2, 0) is 16.1 Å². The van der Waals surface area contributed by atoms with Crippen molar-refractivity contribution in [3.63, 3.8) is 0 Å². The molecule has 0 saturated heterocycles. The highest BCUT2D eigenvalue weighted by atomic mass is 79.9. The van der Waals surface area contributed by atoms with Crippen LogP contribution >= 0.6 is 38.9 Å². The van der Waals surface area contributed by atoms with E-state index in [9.17, 15) is 9.59 Å². The number of fused-ring (bicyclic) bond motifs is 1. The van der Waals surface area contributed by atoms with E-state index in [0.717, 1.165) is 10.0 Å². The molecule has 1 aliphatic heterocycles. The summed E-state index contributed by atoms with van der Waals surface area (Å²) in [4.78, 5) is 33.6. The summed E-state index contributed by atoms with van der Waals surface area (Å²) in [5.41, 5.74) is 3.24. The molecule has 8 nitrogen and oxygen atoms in total. The molecule has 0 radical (unpaired) electrons. The van der Waals surface area contributed by atoms with Crippen LogP contribution < -0.4 is 29.1 Å². The molecule has 0 amide bonds. The highest BCUT2D eigenvalue weighted by Gasteiger charge is 2.35. The number of carbonyl (C=O) groups excluding carboxylic acids is 1. The zero-order valence-corrected chi connectivity index (χ0v) is 29.4. The Morgan fingerprint density at radius 1 is 0.958 bits per heavy atom. The number of hydrogen-bond acceptors (Lipinski definition) is 8. The van der Waals surface area contributed by atoms with Gasteiger partial charge in [0, 0.05) is 20.6 Å². The van der Waals surface area contributed by atoms with Gasteiger partial charge in [0.1, 0.15) is 12.4 Å². The van der Waals surface area contributed by atoms with Crippen LogP contribution in [-0.4, -0.2) is 31.4 Å². The zero-order valence-electron chi connectivity index (χ0n) is 26.2. The molecule has 1 aromatic heterocycles. The second-order valence-electron chi connectivity index (χ2n) is 10.6. The van der Waals surface area contributed by atoms with Crippen LogP contribution in [0.25, 0.3) is 11.8 Å². The standard InChI is InChI=1S/C37H30BrClN2O6S/c1-4-46-36(43)32-33(23-8-6-5-7-9-23)40-37-41(34(32)24-12-16-29(44-2)30(19-24)45-3)35(42)31(48-37)20-25-18-27(39)15-17-28(25)47-21-22-10-13-26(38)14-11-22/h5-20,34H,4,21H2,1-3H3/b31-20-/t34-/m1/s1. The predicted octanol–water partition coefficient (Wildman–Crippen LogP) is 6.95. The van der Waals surface area contributed by atoms with Gasteiger partial charge in [-0.25, -0.2) is 9.79 Å². The zero-order chi connectivity index (χ0) is 33.8. The summed E-state index contributed by atoms with van der Waals surface area (Å²) < 4.78 is 25.7. The minimum absolute atomic E-state index is 0.144. The van der Waals surface area contributed by atoms with Crippen LogP contribution in [0.15, 0.2) is 111 Å². The Balaban J connectivity index is 1.56. The minimum atomic E-state index is -0.884. The maximum atomic E-state index is 14.4. The minimum Gasteiger partial charge on any atom is -0.493 e. The third-order valence-corrected chi connectivity index (χ3v) is 9.41. The van der Waals surface area contributed by atoms with Crippen molar-refractivity contribution in [1.29, 1.82) is 0 Å². The molecular formula is C37H30BrClN2O6S. The van der Waals surface area contributed by atoms with Gasteiger partial charge in [0.05, 0.1) is 42.7 Å². The Hall–Kier alpha value is -4.64. The number of ether oxygens (including phenoxy) is 4. The Morgan fingerprint density at radius 2 is 1.69 bits per heavy atom. The molecule has 0 fully saturated rings. The summed E-state index contributed by atoms with van der Waals surface area (Å²) in [7, 11) is 3.08. The lowest BCUT2D eigenvalue weighted by Gasteiger charge is -2.26. The van der Waals surface area contributed by atoms with Gasteiger partial charge in [-0.05, 0) is 66.6 Å². The molecule has 0 spiro atoms. The van der Waals surface area contributed by atoms with Crippen molar-refractivity contribution in [3.05, 3.63) is 148 Å². The van der Waals surface area contributed by atoms with Gasteiger partial charge in [-0.3, -0.25) is 9.36 Å². The number of thiazole rings is 1. The SMILES string of the molecule is CCOC(=O)C1=C(c2ccccc2)N=c2s/c(=C\c3cc(Cl)ccc3OCc3ccc(Br)cc3)c(=O)n2[C@@H]1c1ccc(OC)c(OC)c1. The number of aromatic nitrogens is 1. The molecule has 1 atom stereocenters. The number of rotatable bonds is 10. The highest BCUT2D eigenvalue weighted by Crippen LogP contribution is 2.38. The maximum absolute atomic E-state index is 14.4. The van der Waals surface area contributed by atoms with Crippen molar-refractivity contribution >= 4 is 56.6 Å². The van der Waals surface area contributed by atoms with Crippen LogP contribution in [0, 0.1) is 0 Å². The Morgan fingerprint density at radius 3 is 2.40 bits per heavy atom. The van der Waals surface area contributed by atoms with Crippen LogP contribution in [0.1, 0.15) is 35.2 Å². The normalized spacial score (nSPS) is 14.3. The fourth-order valence-corrected chi connectivity index (χ4v) is 6.86. The molecule has 1 aliphatic rings. The average Bonchev–Trinajstić information content (AvgIpc) is 3.41. The van der Waals surface area contributed by atoms with Crippen molar-refractivity contribution in [2.45, 2.75) is 19.6 Å². The number of halogens is 2. The third kappa shape index (κ3) is 6.82. The van der Waals surface area contributed by atoms with Gasteiger partial charge in [-0.1, -0.05) is 87.4 Å². The van der Waals surface area contributed by atoms with Gasteiger partial charge in [-0.2, -0.15) is 0 Å². The highest BCUT2D eigenvalue weighted by molar-refractivity contribution is 9.10. The van der Waals surface area contributed by atoms with Crippen molar-refractivity contribution in [2.24, 2.45) is 4.99 Å². The lowest BCUT2D eigenvalue weighted by molar-refractivity contribution is -0.138. The van der Waals surface area contributed by atoms with Crippen LogP contribution in [0.4, 0.5) is 0 Å². The molecule has 0 N–H and O–H groups in total. The quantitative estimate of drug-likeness (QED) is 0.144. The first-order valence-corrected chi connectivity index (χ1v) is 17.0. The number of esters is 1. The summed E-state index contributed by atoms with van der Waals surface area (Å²) in [6.45, 7) is 2.20. The van der Waals surface area contributed by atoms with E-state index in [1.165, 1.54) is 23.0 Å². The summed E-state index contributed by atoms with van der Waals surface area (Å²) in [6, 6.07) is 26.9. The topological polar surface area (TPSA) is 88.4 Å². The van der Waals surface area contributed by atoms with E-state index >= 15 is 0 Å². The fraction of sp³-hybridized carbons (Fsp3) is 0.162. The summed E-state index contributed by atoms with van der Waals surface area (Å²) >= 11 is 11.1. The molecule has 0 saturated carbocycles. The van der Waals surface area contributed by atoms with Gasteiger partial charge >= 0.3 is 5.97 Å². The summed E-state index contributed by atoms with van der Waals surface area (Å²) in [5.74, 6) is 0.940. The van der Waals surface area contributed by atoms with Crippen LogP contribution in [0.2, 0.25) is 5.02 Å². The second-order valence-corrected chi connectivity index (χ2v) is 13.0. The number of carbonyl (C=O) groups is 1. The second kappa shape index (κ2) is 14.6. The van der Waals surface area contributed by atoms with Gasteiger partial charge < -0.3 is 18.9 Å². The first-order chi connectivity index (χ1) is 23.3.